The SMILES string of the molecule is CCn1c(=O)n(CCC(=O)Nc2nc(-c3ccc(F)c(F)c3)c(C)s2)c2ccccc21. The summed E-state index contributed by atoms with van der Waals surface area (Å²) in [6, 6.07) is 11.1. The molecule has 0 bridgehead atoms. The van der Waals surface area contributed by atoms with E-state index < -0.39 is 11.6 Å². The molecule has 2 aromatic heterocycles. The number of rotatable bonds is 6. The predicted octanol–water partition coefficient (Wildman–Crippen LogP) is 4.56. The molecule has 0 unspecified atom stereocenters. The largest absolute Gasteiger partial charge is 0.329 e. The molecule has 9 heteroatoms. The number of nitrogens with zero attached hydrogens (tertiary/aromatic N) is 3. The van der Waals surface area contributed by atoms with Crippen molar-refractivity contribution in [3.05, 3.63) is 69.5 Å². The Hall–Kier alpha value is -3.33. The van der Waals surface area contributed by atoms with Gasteiger partial charge in [0.1, 0.15) is 0 Å². The predicted molar refractivity (Wildman–Crippen MR) is 117 cm³/mol. The van der Waals surface area contributed by atoms with Crippen LogP contribution >= 0.6 is 11.3 Å². The van der Waals surface area contributed by atoms with E-state index in [9.17, 15) is 18.4 Å². The maximum atomic E-state index is 13.5. The van der Waals surface area contributed by atoms with Crippen LogP contribution in [0.5, 0.6) is 0 Å². The monoisotopic (exact) mass is 442 g/mol. The van der Waals surface area contributed by atoms with Crippen LogP contribution in [0.4, 0.5) is 13.9 Å². The van der Waals surface area contributed by atoms with Crippen molar-refractivity contribution in [2.75, 3.05) is 5.32 Å². The van der Waals surface area contributed by atoms with E-state index in [1.807, 2.05) is 31.2 Å². The number of carbonyl (C=O) groups excluding carboxylic acids is 1. The molecule has 0 saturated carbocycles. The molecule has 1 N–H and O–H groups in total. The van der Waals surface area contributed by atoms with Crippen LogP contribution in [0.3, 0.4) is 0 Å². The molecule has 2 heterocycles. The molecule has 0 aliphatic carbocycles. The van der Waals surface area contributed by atoms with Gasteiger partial charge in [0.15, 0.2) is 16.8 Å². The third-order valence-corrected chi connectivity index (χ3v) is 5.93. The van der Waals surface area contributed by atoms with Crippen LogP contribution in [0.15, 0.2) is 47.3 Å². The summed E-state index contributed by atoms with van der Waals surface area (Å²) in [5, 5.41) is 3.10. The van der Waals surface area contributed by atoms with Gasteiger partial charge in [0.2, 0.25) is 5.91 Å². The van der Waals surface area contributed by atoms with E-state index in [2.05, 4.69) is 10.3 Å². The summed E-state index contributed by atoms with van der Waals surface area (Å²) in [6.45, 7) is 4.48. The van der Waals surface area contributed by atoms with Gasteiger partial charge in [0.25, 0.3) is 0 Å². The minimum absolute atomic E-state index is 0.0940. The van der Waals surface area contributed by atoms with Crippen molar-refractivity contribution in [3.63, 3.8) is 0 Å². The minimum Gasteiger partial charge on any atom is -0.302 e. The van der Waals surface area contributed by atoms with E-state index in [4.69, 9.17) is 0 Å². The maximum absolute atomic E-state index is 13.5. The second-order valence-electron chi connectivity index (χ2n) is 7.02. The van der Waals surface area contributed by atoms with Crippen molar-refractivity contribution in [1.82, 2.24) is 14.1 Å². The number of thiazole rings is 1. The molecule has 0 saturated heterocycles. The molecule has 0 spiro atoms. The van der Waals surface area contributed by atoms with E-state index >= 15 is 0 Å². The van der Waals surface area contributed by atoms with Crippen molar-refractivity contribution >= 4 is 33.4 Å². The summed E-state index contributed by atoms with van der Waals surface area (Å²) < 4.78 is 30.0. The Kier molecular flexibility index (Phi) is 5.69. The fourth-order valence-electron chi connectivity index (χ4n) is 3.55. The van der Waals surface area contributed by atoms with Crippen LogP contribution in [0.25, 0.3) is 22.3 Å². The van der Waals surface area contributed by atoms with Gasteiger partial charge in [-0.05, 0) is 44.2 Å². The van der Waals surface area contributed by atoms with E-state index in [-0.39, 0.29) is 24.6 Å². The number of hydrogen-bond acceptors (Lipinski definition) is 4. The van der Waals surface area contributed by atoms with Crippen LogP contribution in [0.1, 0.15) is 18.2 Å². The topological polar surface area (TPSA) is 68.9 Å². The number of benzene rings is 2. The van der Waals surface area contributed by atoms with Crippen molar-refractivity contribution in [3.8, 4) is 11.3 Å². The average molecular weight is 442 g/mol. The molecule has 0 fully saturated rings. The first-order valence-electron chi connectivity index (χ1n) is 9.79. The van der Waals surface area contributed by atoms with Gasteiger partial charge in [-0.2, -0.15) is 0 Å². The molecule has 160 valence electrons. The van der Waals surface area contributed by atoms with Crippen molar-refractivity contribution in [1.29, 1.82) is 0 Å². The summed E-state index contributed by atoms with van der Waals surface area (Å²) >= 11 is 1.25. The number of aromatic nitrogens is 3. The van der Waals surface area contributed by atoms with Crippen LogP contribution in [-0.2, 0) is 17.9 Å². The zero-order valence-electron chi connectivity index (χ0n) is 17.0. The smallest absolute Gasteiger partial charge is 0.302 e. The van der Waals surface area contributed by atoms with E-state index in [0.29, 0.717) is 22.9 Å². The molecule has 0 radical (unpaired) electrons. The summed E-state index contributed by atoms with van der Waals surface area (Å²) in [7, 11) is 0. The highest BCUT2D eigenvalue weighted by Crippen LogP contribution is 2.31. The highest BCUT2D eigenvalue weighted by atomic mass is 32.1. The molecular formula is C22H20F2N4O2S. The molecule has 0 aliphatic rings. The number of para-hydroxylation sites is 2. The molecule has 2 aromatic carbocycles. The van der Waals surface area contributed by atoms with Crippen LogP contribution in [0.2, 0.25) is 0 Å². The maximum Gasteiger partial charge on any atom is 0.329 e. The van der Waals surface area contributed by atoms with Gasteiger partial charge in [-0.15, -0.1) is 11.3 Å². The lowest BCUT2D eigenvalue weighted by Crippen LogP contribution is -2.25. The Morgan fingerprint density at radius 1 is 1.10 bits per heavy atom. The van der Waals surface area contributed by atoms with Gasteiger partial charge < -0.3 is 5.32 Å². The first kappa shape index (κ1) is 20.9. The lowest BCUT2D eigenvalue weighted by molar-refractivity contribution is -0.116. The highest BCUT2D eigenvalue weighted by molar-refractivity contribution is 7.16. The van der Waals surface area contributed by atoms with Crippen LogP contribution in [-0.4, -0.2) is 20.0 Å². The number of fused-ring (bicyclic) bond motifs is 1. The van der Waals surface area contributed by atoms with Crippen molar-refractivity contribution in [2.45, 2.75) is 33.4 Å². The van der Waals surface area contributed by atoms with Gasteiger partial charge in [-0.1, -0.05) is 12.1 Å². The first-order valence-corrected chi connectivity index (χ1v) is 10.6. The van der Waals surface area contributed by atoms with Crippen LogP contribution < -0.4 is 11.0 Å². The fourth-order valence-corrected chi connectivity index (χ4v) is 4.40. The number of hydrogen-bond donors (Lipinski definition) is 1. The number of carbonyl (C=O) groups is 1. The average Bonchev–Trinajstić information content (AvgIpc) is 3.24. The summed E-state index contributed by atoms with van der Waals surface area (Å²) in [6.07, 6.45) is 0.0940. The molecule has 4 aromatic rings. The Bertz CT molecular complexity index is 1340. The number of halogens is 2. The van der Waals surface area contributed by atoms with Gasteiger partial charge in [0.05, 0.1) is 16.7 Å². The molecule has 0 atom stereocenters. The van der Waals surface area contributed by atoms with E-state index in [1.165, 1.54) is 17.4 Å². The molecule has 1 amide bonds. The number of nitrogens with one attached hydrogen (secondary N) is 1. The van der Waals surface area contributed by atoms with Crippen molar-refractivity contribution < 1.29 is 13.6 Å². The summed E-state index contributed by atoms with van der Waals surface area (Å²) in [4.78, 5) is 30.3. The molecular weight excluding hydrogens is 422 g/mol. The van der Waals surface area contributed by atoms with Gasteiger partial charge >= 0.3 is 5.69 Å². The number of anilines is 1. The molecule has 6 nitrogen and oxygen atoms in total. The molecule has 4 rings (SSSR count). The Morgan fingerprint density at radius 2 is 1.81 bits per heavy atom. The Morgan fingerprint density at radius 3 is 2.48 bits per heavy atom. The van der Waals surface area contributed by atoms with Crippen LogP contribution in [0, 0.1) is 18.6 Å². The van der Waals surface area contributed by atoms with Crippen molar-refractivity contribution in [2.24, 2.45) is 0 Å². The fraction of sp³-hybridized carbons (Fsp3) is 0.227. The minimum atomic E-state index is -0.952. The molecule has 31 heavy (non-hydrogen) atoms. The van der Waals surface area contributed by atoms with Gasteiger partial charge in [0, 0.05) is 30.0 Å². The number of imidazole rings is 1. The second kappa shape index (κ2) is 8.43. The Labute approximate surface area is 180 Å². The standard InChI is InChI=1S/C22H20F2N4O2S/c1-3-27-17-6-4-5-7-18(17)28(22(27)30)11-10-19(29)25-21-26-20(13(2)31-21)14-8-9-15(23)16(24)12-14/h4-9,12H,3,10-11H2,1-2H3,(H,25,26,29). The zero-order chi connectivity index (χ0) is 22.1. The van der Waals surface area contributed by atoms with Gasteiger partial charge in [-0.3, -0.25) is 13.9 Å². The molecule has 0 aliphatic heterocycles. The Balaban J connectivity index is 1.49. The van der Waals surface area contributed by atoms with Gasteiger partial charge in [-0.25, -0.2) is 18.6 Å². The summed E-state index contributed by atoms with van der Waals surface area (Å²) in [5.74, 6) is -2.16. The third kappa shape index (κ3) is 4.00. The second-order valence-corrected chi connectivity index (χ2v) is 8.22. The normalized spacial score (nSPS) is 11.2. The lowest BCUT2D eigenvalue weighted by atomic mass is 10.1. The highest BCUT2D eigenvalue weighted by Gasteiger charge is 2.16. The quantitative estimate of drug-likeness (QED) is 0.476. The lowest BCUT2D eigenvalue weighted by Gasteiger charge is -2.04. The van der Waals surface area contributed by atoms with E-state index in [0.717, 1.165) is 28.0 Å². The summed E-state index contributed by atoms with van der Waals surface area (Å²) in [5.41, 5.74) is 2.39. The number of amides is 1. The zero-order valence-corrected chi connectivity index (χ0v) is 17.8. The number of aryl methyl sites for hydroxylation is 3. The van der Waals surface area contributed by atoms with E-state index in [1.54, 1.807) is 16.1 Å². The third-order valence-electron chi connectivity index (χ3n) is 5.04. The first-order chi connectivity index (χ1) is 14.9.